The number of fused-ring (bicyclic) bond motifs is 1. The Bertz CT molecular complexity index is 664. The van der Waals surface area contributed by atoms with Crippen molar-refractivity contribution in [3.05, 3.63) is 62.6 Å². The second-order valence-corrected chi connectivity index (χ2v) is 6.24. The van der Waals surface area contributed by atoms with E-state index in [4.69, 9.17) is 4.74 Å². The van der Waals surface area contributed by atoms with Crippen LogP contribution in [0, 0.1) is 13.8 Å². The first kappa shape index (κ1) is 13.7. The molecule has 1 aliphatic heterocycles. The molecule has 0 spiro atoms. The standard InChI is InChI=1S/C17H17BrO2/c1-10-3-4-12(7-11(10)2)16(19)15-9-14(18)8-13-5-6-20-17(13)15/h3-4,7-9,16,19H,5-6H2,1-2H3. The predicted molar refractivity (Wildman–Crippen MR) is 83.3 cm³/mol. The average molecular weight is 333 g/mol. The van der Waals surface area contributed by atoms with Crippen LogP contribution in [0.2, 0.25) is 0 Å². The molecule has 1 heterocycles. The molecular formula is C17H17BrO2. The van der Waals surface area contributed by atoms with Gasteiger partial charge in [0.05, 0.1) is 6.61 Å². The Morgan fingerprint density at radius 3 is 2.70 bits per heavy atom. The molecule has 3 heteroatoms. The fourth-order valence-corrected chi connectivity index (χ4v) is 3.14. The van der Waals surface area contributed by atoms with Crippen LogP contribution in [-0.4, -0.2) is 11.7 Å². The van der Waals surface area contributed by atoms with Crippen LogP contribution in [0.3, 0.4) is 0 Å². The molecule has 20 heavy (non-hydrogen) atoms. The van der Waals surface area contributed by atoms with Crippen molar-refractivity contribution >= 4 is 15.9 Å². The Balaban J connectivity index is 2.06. The summed E-state index contributed by atoms with van der Waals surface area (Å²) in [5, 5.41) is 10.7. The topological polar surface area (TPSA) is 29.5 Å². The fourth-order valence-electron chi connectivity index (χ4n) is 2.62. The van der Waals surface area contributed by atoms with Gasteiger partial charge in [-0.25, -0.2) is 0 Å². The van der Waals surface area contributed by atoms with Gasteiger partial charge in [-0.2, -0.15) is 0 Å². The van der Waals surface area contributed by atoms with Crippen molar-refractivity contribution < 1.29 is 9.84 Å². The van der Waals surface area contributed by atoms with Gasteiger partial charge in [-0.3, -0.25) is 0 Å². The minimum atomic E-state index is -0.654. The smallest absolute Gasteiger partial charge is 0.128 e. The molecule has 1 atom stereocenters. The minimum absolute atomic E-state index is 0.654. The molecule has 0 bridgehead atoms. The number of ether oxygens (including phenoxy) is 1. The second-order valence-electron chi connectivity index (χ2n) is 5.33. The van der Waals surface area contributed by atoms with Gasteiger partial charge < -0.3 is 9.84 Å². The molecule has 2 aromatic rings. The third kappa shape index (κ3) is 2.36. The Kier molecular flexibility index (Phi) is 3.57. The lowest BCUT2D eigenvalue weighted by Gasteiger charge is -2.16. The van der Waals surface area contributed by atoms with Crippen molar-refractivity contribution in [3.63, 3.8) is 0 Å². The van der Waals surface area contributed by atoms with Crippen LogP contribution in [0.5, 0.6) is 5.75 Å². The molecule has 0 aliphatic carbocycles. The molecule has 1 aliphatic rings. The van der Waals surface area contributed by atoms with Crippen LogP contribution in [0.4, 0.5) is 0 Å². The Morgan fingerprint density at radius 1 is 1.15 bits per heavy atom. The lowest BCUT2D eigenvalue weighted by atomic mass is 9.96. The van der Waals surface area contributed by atoms with Gasteiger partial charge in [0.15, 0.2) is 0 Å². The van der Waals surface area contributed by atoms with Gasteiger partial charge >= 0.3 is 0 Å². The Morgan fingerprint density at radius 2 is 1.95 bits per heavy atom. The van der Waals surface area contributed by atoms with Gasteiger partial charge in [0.1, 0.15) is 11.9 Å². The summed E-state index contributed by atoms with van der Waals surface area (Å²) in [5.74, 6) is 0.846. The first-order valence-electron chi connectivity index (χ1n) is 6.76. The second kappa shape index (κ2) is 5.23. The lowest BCUT2D eigenvalue weighted by molar-refractivity contribution is 0.213. The predicted octanol–water partition coefficient (Wildman–Crippen LogP) is 4.08. The number of hydrogen-bond donors (Lipinski definition) is 1. The molecule has 0 saturated heterocycles. The summed E-state index contributed by atoms with van der Waals surface area (Å²) in [7, 11) is 0. The quantitative estimate of drug-likeness (QED) is 0.897. The summed E-state index contributed by atoms with van der Waals surface area (Å²) < 4.78 is 6.69. The molecule has 2 nitrogen and oxygen atoms in total. The molecule has 0 saturated carbocycles. The van der Waals surface area contributed by atoms with Crippen LogP contribution in [0.25, 0.3) is 0 Å². The zero-order valence-corrected chi connectivity index (χ0v) is 13.2. The van der Waals surface area contributed by atoms with Crippen LogP contribution >= 0.6 is 15.9 Å². The van der Waals surface area contributed by atoms with Crippen molar-refractivity contribution in [3.8, 4) is 5.75 Å². The number of benzene rings is 2. The van der Waals surface area contributed by atoms with Gasteiger partial charge in [-0.15, -0.1) is 0 Å². The highest BCUT2D eigenvalue weighted by Gasteiger charge is 2.23. The van der Waals surface area contributed by atoms with E-state index in [1.165, 1.54) is 11.1 Å². The monoisotopic (exact) mass is 332 g/mol. The van der Waals surface area contributed by atoms with Crippen molar-refractivity contribution in [2.75, 3.05) is 6.61 Å². The summed E-state index contributed by atoms with van der Waals surface area (Å²) in [6.07, 6.45) is 0.250. The summed E-state index contributed by atoms with van der Waals surface area (Å²) in [6.45, 7) is 4.83. The maximum absolute atomic E-state index is 10.7. The first-order valence-corrected chi connectivity index (χ1v) is 7.56. The number of rotatable bonds is 2. The van der Waals surface area contributed by atoms with E-state index in [1.807, 2.05) is 24.3 Å². The number of aliphatic hydroxyl groups excluding tert-OH is 1. The zero-order valence-electron chi connectivity index (χ0n) is 11.6. The van der Waals surface area contributed by atoms with Crippen molar-refractivity contribution in [1.82, 2.24) is 0 Å². The van der Waals surface area contributed by atoms with Gasteiger partial charge in [-0.05, 0) is 48.2 Å². The SMILES string of the molecule is Cc1ccc(C(O)c2cc(Br)cc3c2OCC3)cc1C. The molecular weight excluding hydrogens is 316 g/mol. The average Bonchev–Trinajstić information content (AvgIpc) is 2.88. The molecule has 0 aromatic heterocycles. The molecule has 1 unspecified atom stereocenters. The molecule has 0 amide bonds. The van der Waals surface area contributed by atoms with Gasteiger partial charge in [0, 0.05) is 16.5 Å². The minimum Gasteiger partial charge on any atom is -0.493 e. The van der Waals surface area contributed by atoms with E-state index in [1.54, 1.807) is 0 Å². The molecule has 0 radical (unpaired) electrons. The van der Waals surface area contributed by atoms with E-state index in [-0.39, 0.29) is 0 Å². The van der Waals surface area contributed by atoms with Gasteiger partial charge in [-0.1, -0.05) is 34.1 Å². The van der Waals surface area contributed by atoms with E-state index in [2.05, 4.69) is 35.8 Å². The van der Waals surface area contributed by atoms with Crippen LogP contribution in [-0.2, 0) is 6.42 Å². The van der Waals surface area contributed by atoms with Crippen molar-refractivity contribution in [1.29, 1.82) is 0 Å². The molecule has 2 aromatic carbocycles. The van der Waals surface area contributed by atoms with E-state index < -0.39 is 6.10 Å². The van der Waals surface area contributed by atoms with E-state index >= 15 is 0 Å². The molecule has 0 fully saturated rings. The van der Waals surface area contributed by atoms with Crippen LogP contribution in [0.15, 0.2) is 34.8 Å². The lowest BCUT2D eigenvalue weighted by Crippen LogP contribution is -2.03. The number of hydrogen-bond acceptors (Lipinski definition) is 2. The maximum Gasteiger partial charge on any atom is 0.128 e. The number of aliphatic hydroxyl groups is 1. The number of aryl methyl sites for hydroxylation is 2. The third-order valence-corrected chi connectivity index (χ3v) is 4.38. The Hall–Kier alpha value is -1.32. The largest absolute Gasteiger partial charge is 0.493 e. The Labute approximate surface area is 127 Å². The molecule has 104 valence electrons. The van der Waals surface area contributed by atoms with Crippen LogP contribution in [0.1, 0.15) is 33.9 Å². The van der Waals surface area contributed by atoms with E-state index in [0.717, 1.165) is 33.3 Å². The first-order chi connectivity index (χ1) is 9.56. The van der Waals surface area contributed by atoms with Crippen molar-refractivity contribution in [2.24, 2.45) is 0 Å². The highest BCUT2D eigenvalue weighted by Crippen LogP contribution is 2.38. The molecule has 3 rings (SSSR count). The fraction of sp³-hybridized carbons (Fsp3) is 0.294. The van der Waals surface area contributed by atoms with Gasteiger partial charge in [0.25, 0.3) is 0 Å². The highest BCUT2D eigenvalue weighted by atomic mass is 79.9. The van der Waals surface area contributed by atoms with Crippen LogP contribution < -0.4 is 4.74 Å². The summed E-state index contributed by atoms with van der Waals surface area (Å²) in [5.41, 5.74) is 5.34. The van der Waals surface area contributed by atoms with Gasteiger partial charge in [0.2, 0.25) is 0 Å². The van der Waals surface area contributed by atoms with E-state index in [9.17, 15) is 5.11 Å². The van der Waals surface area contributed by atoms with Crippen molar-refractivity contribution in [2.45, 2.75) is 26.4 Å². The highest BCUT2D eigenvalue weighted by molar-refractivity contribution is 9.10. The third-order valence-electron chi connectivity index (χ3n) is 3.92. The maximum atomic E-state index is 10.7. The summed E-state index contributed by atoms with van der Waals surface area (Å²) in [4.78, 5) is 0. The number of halogens is 1. The van der Waals surface area contributed by atoms with E-state index in [0.29, 0.717) is 6.61 Å². The summed E-state index contributed by atoms with van der Waals surface area (Å²) in [6, 6.07) is 10.1. The molecule has 1 N–H and O–H groups in total. The zero-order chi connectivity index (χ0) is 14.3. The summed E-state index contributed by atoms with van der Waals surface area (Å²) >= 11 is 3.52. The normalized spacial score (nSPS) is 14.8.